The van der Waals surface area contributed by atoms with Gasteiger partial charge in [-0.15, -0.1) is 5.10 Å². The van der Waals surface area contributed by atoms with Gasteiger partial charge in [0.15, 0.2) is 5.82 Å². The van der Waals surface area contributed by atoms with Gasteiger partial charge in [-0.1, -0.05) is 32.0 Å². The average Bonchev–Trinajstić information content (AvgIpc) is 2.64. The van der Waals surface area contributed by atoms with E-state index in [1.54, 1.807) is 6.20 Å². The van der Waals surface area contributed by atoms with Crippen LogP contribution in [0, 0.1) is 6.92 Å². The molecule has 0 saturated carbocycles. The Morgan fingerprint density at radius 1 is 0.963 bits per heavy atom. The molecule has 6 nitrogen and oxygen atoms in total. The predicted molar refractivity (Wildman–Crippen MR) is 112 cm³/mol. The molecule has 0 aliphatic rings. The summed E-state index contributed by atoms with van der Waals surface area (Å²) in [5, 5.41) is 14.8. The molecule has 0 radical (unpaired) electrons. The second kappa shape index (κ2) is 8.03. The summed E-state index contributed by atoms with van der Waals surface area (Å²) in [4.78, 5) is 6.62. The maximum Gasteiger partial charge on any atom is 0.249 e. The highest BCUT2D eigenvalue weighted by Crippen LogP contribution is 2.29. The van der Waals surface area contributed by atoms with Gasteiger partial charge in [0.1, 0.15) is 0 Å². The van der Waals surface area contributed by atoms with Gasteiger partial charge < -0.3 is 15.5 Å². The molecule has 0 amide bonds. The largest absolute Gasteiger partial charge is 0.378 e. The van der Waals surface area contributed by atoms with Crippen LogP contribution in [-0.2, 0) is 0 Å². The molecule has 0 spiro atoms. The highest BCUT2D eigenvalue weighted by Gasteiger charge is 2.11. The highest BCUT2D eigenvalue weighted by molar-refractivity contribution is 5.65. The molecule has 27 heavy (non-hydrogen) atoms. The molecule has 0 aliphatic heterocycles. The van der Waals surface area contributed by atoms with Crippen molar-refractivity contribution in [3.63, 3.8) is 0 Å². The number of hydrogen-bond donors (Lipinski definition) is 2. The van der Waals surface area contributed by atoms with Gasteiger partial charge in [0.25, 0.3) is 0 Å². The van der Waals surface area contributed by atoms with E-state index in [-0.39, 0.29) is 0 Å². The third kappa shape index (κ3) is 4.53. The van der Waals surface area contributed by atoms with Crippen LogP contribution < -0.4 is 15.5 Å². The Bertz CT molecular complexity index is 903. The summed E-state index contributed by atoms with van der Waals surface area (Å²) in [6.45, 7) is 6.43. The van der Waals surface area contributed by atoms with Crippen molar-refractivity contribution >= 4 is 28.8 Å². The van der Waals surface area contributed by atoms with Crippen LogP contribution in [0.25, 0.3) is 0 Å². The SMILES string of the molecule is Cc1cccc(C(C)C)c1Nc1nncc(Nc2ccc(N(C)C)cc2)n1. The van der Waals surface area contributed by atoms with Crippen LogP contribution >= 0.6 is 0 Å². The van der Waals surface area contributed by atoms with Crippen molar-refractivity contribution in [1.29, 1.82) is 0 Å². The fourth-order valence-electron chi connectivity index (χ4n) is 2.86. The lowest BCUT2D eigenvalue weighted by Crippen LogP contribution is -2.08. The quantitative estimate of drug-likeness (QED) is 0.653. The minimum atomic E-state index is 0.400. The monoisotopic (exact) mass is 362 g/mol. The van der Waals surface area contributed by atoms with Crippen LogP contribution in [0.4, 0.5) is 28.8 Å². The molecule has 6 heteroatoms. The zero-order chi connectivity index (χ0) is 19.4. The summed E-state index contributed by atoms with van der Waals surface area (Å²) in [7, 11) is 4.04. The Balaban J connectivity index is 1.80. The number of hydrogen-bond acceptors (Lipinski definition) is 6. The summed E-state index contributed by atoms with van der Waals surface area (Å²) in [5.74, 6) is 1.52. The lowest BCUT2D eigenvalue weighted by Gasteiger charge is -2.16. The van der Waals surface area contributed by atoms with Gasteiger partial charge in [0.05, 0.1) is 6.20 Å². The molecule has 2 aromatic carbocycles. The van der Waals surface area contributed by atoms with E-state index in [1.807, 2.05) is 26.2 Å². The van der Waals surface area contributed by atoms with Crippen molar-refractivity contribution in [2.24, 2.45) is 0 Å². The third-order valence-electron chi connectivity index (χ3n) is 4.38. The number of nitrogens with one attached hydrogen (secondary N) is 2. The van der Waals surface area contributed by atoms with E-state index in [4.69, 9.17) is 0 Å². The molecule has 0 aliphatic carbocycles. The summed E-state index contributed by atoms with van der Waals surface area (Å²) in [6, 6.07) is 14.4. The van der Waals surface area contributed by atoms with E-state index in [9.17, 15) is 0 Å². The third-order valence-corrected chi connectivity index (χ3v) is 4.38. The summed E-state index contributed by atoms with van der Waals surface area (Å²) < 4.78 is 0. The van der Waals surface area contributed by atoms with Crippen LogP contribution in [0.3, 0.4) is 0 Å². The first kappa shape index (κ1) is 18.6. The zero-order valence-corrected chi connectivity index (χ0v) is 16.5. The number of anilines is 5. The maximum absolute atomic E-state index is 4.56. The number of aryl methyl sites for hydroxylation is 1. The molecule has 2 N–H and O–H groups in total. The first-order valence-corrected chi connectivity index (χ1v) is 9.04. The molecule has 0 fully saturated rings. The predicted octanol–water partition coefficient (Wildman–Crippen LogP) is 4.86. The first-order chi connectivity index (χ1) is 12.9. The molecule has 3 aromatic rings. The Morgan fingerprint density at radius 2 is 1.70 bits per heavy atom. The molecule has 0 bridgehead atoms. The highest BCUT2D eigenvalue weighted by atomic mass is 15.3. The number of para-hydroxylation sites is 1. The molecular weight excluding hydrogens is 336 g/mol. The molecule has 0 unspecified atom stereocenters. The second-order valence-corrected chi connectivity index (χ2v) is 7.05. The van der Waals surface area contributed by atoms with Crippen LogP contribution in [-0.4, -0.2) is 29.3 Å². The van der Waals surface area contributed by atoms with Crippen molar-refractivity contribution in [1.82, 2.24) is 15.2 Å². The Kier molecular flexibility index (Phi) is 5.54. The second-order valence-electron chi connectivity index (χ2n) is 7.05. The molecular formula is C21H26N6. The van der Waals surface area contributed by atoms with Crippen molar-refractivity contribution in [2.45, 2.75) is 26.7 Å². The van der Waals surface area contributed by atoms with Gasteiger partial charge in [-0.3, -0.25) is 0 Å². The number of aromatic nitrogens is 3. The minimum Gasteiger partial charge on any atom is -0.378 e. The molecule has 140 valence electrons. The first-order valence-electron chi connectivity index (χ1n) is 9.04. The maximum atomic E-state index is 4.56. The van der Waals surface area contributed by atoms with Crippen LogP contribution in [0.15, 0.2) is 48.7 Å². The van der Waals surface area contributed by atoms with Crippen molar-refractivity contribution in [3.05, 3.63) is 59.8 Å². The summed E-state index contributed by atoms with van der Waals surface area (Å²) in [5.41, 5.74) is 5.52. The molecule has 0 saturated heterocycles. The molecule has 1 heterocycles. The Labute approximate surface area is 160 Å². The standard InChI is InChI=1S/C21H26N6/c1-14(2)18-8-6-7-15(3)20(18)25-21-24-19(13-22-26-21)23-16-9-11-17(12-10-16)27(4)5/h6-14H,1-5H3,(H2,23,24,25,26). The molecule has 0 atom stereocenters. The average molecular weight is 362 g/mol. The summed E-state index contributed by atoms with van der Waals surface area (Å²) in [6.07, 6.45) is 1.62. The van der Waals surface area contributed by atoms with E-state index >= 15 is 0 Å². The molecule has 3 rings (SSSR count). The minimum absolute atomic E-state index is 0.400. The van der Waals surface area contributed by atoms with Gasteiger partial charge >= 0.3 is 0 Å². The molecule has 1 aromatic heterocycles. The van der Waals surface area contributed by atoms with Gasteiger partial charge in [-0.05, 0) is 48.2 Å². The van der Waals surface area contributed by atoms with Gasteiger partial charge in [-0.2, -0.15) is 10.1 Å². The zero-order valence-electron chi connectivity index (χ0n) is 16.5. The lowest BCUT2D eigenvalue weighted by molar-refractivity contribution is 0.865. The van der Waals surface area contributed by atoms with Crippen LogP contribution in [0.1, 0.15) is 30.9 Å². The number of benzene rings is 2. The van der Waals surface area contributed by atoms with Gasteiger partial charge in [0.2, 0.25) is 5.95 Å². The van der Waals surface area contributed by atoms with Gasteiger partial charge in [-0.25, -0.2) is 0 Å². The normalized spacial score (nSPS) is 10.7. The van der Waals surface area contributed by atoms with E-state index < -0.39 is 0 Å². The van der Waals surface area contributed by atoms with E-state index in [0.29, 0.717) is 17.7 Å². The van der Waals surface area contributed by atoms with Crippen molar-refractivity contribution in [2.75, 3.05) is 29.6 Å². The topological polar surface area (TPSA) is 66.0 Å². The Morgan fingerprint density at radius 3 is 2.37 bits per heavy atom. The van der Waals surface area contributed by atoms with Gasteiger partial charge in [0, 0.05) is 31.2 Å². The fraction of sp³-hybridized carbons (Fsp3) is 0.286. The summed E-state index contributed by atoms with van der Waals surface area (Å²) >= 11 is 0. The fourth-order valence-corrected chi connectivity index (χ4v) is 2.86. The van der Waals surface area contributed by atoms with Crippen LogP contribution in [0.5, 0.6) is 0 Å². The van der Waals surface area contributed by atoms with E-state index in [0.717, 1.165) is 22.6 Å². The van der Waals surface area contributed by atoms with Crippen LogP contribution in [0.2, 0.25) is 0 Å². The Hall–Kier alpha value is -3.15. The smallest absolute Gasteiger partial charge is 0.249 e. The van der Waals surface area contributed by atoms with E-state index in [1.165, 1.54) is 5.56 Å². The lowest BCUT2D eigenvalue weighted by atomic mass is 9.98. The van der Waals surface area contributed by atoms with E-state index in [2.05, 4.69) is 81.8 Å². The number of nitrogens with zero attached hydrogens (tertiary/aromatic N) is 4. The van der Waals surface area contributed by atoms with Crippen molar-refractivity contribution < 1.29 is 0 Å². The number of rotatable bonds is 6. The van der Waals surface area contributed by atoms with Crippen molar-refractivity contribution in [3.8, 4) is 0 Å².